The van der Waals surface area contributed by atoms with Crippen molar-refractivity contribution in [3.63, 3.8) is 0 Å². The second kappa shape index (κ2) is 39.7. The monoisotopic (exact) mass is 1370 g/mol. The number of amides is 11. The molecule has 96 heavy (non-hydrogen) atoms. The topological polar surface area (TPSA) is 291 Å². The molecule has 0 aromatic heterocycles. The van der Waals surface area contributed by atoms with Crippen LogP contribution in [0.3, 0.4) is 0 Å². The molecule has 0 spiro atoms. The number of likely N-dealkylation sites (tertiary alicyclic amines) is 1. The number of rotatable bonds is 20. The van der Waals surface area contributed by atoms with Gasteiger partial charge in [0.1, 0.15) is 60.4 Å². The summed E-state index contributed by atoms with van der Waals surface area (Å²) in [6.45, 7) is 32.1. The van der Waals surface area contributed by atoms with Crippen molar-refractivity contribution in [3.8, 4) is 0 Å². The van der Waals surface area contributed by atoms with Crippen molar-refractivity contribution in [1.82, 2.24) is 60.5 Å². The first-order valence-electron chi connectivity index (χ1n) is 34.8. The van der Waals surface area contributed by atoms with Gasteiger partial charge in [0.25, 0.3) is 5.91 Å². The molecule has 26 heteroatoms. The first-order chi connectivity index (χ1) is 44.5. The molecule has 25 nitrogen and oxygen atoms in total. The number of methoxy groups -OCH3 is 1. The van der Waals surface area contributed by atoms with Crippen LogP contribution in [0.5, 0.6) is 0 Å². The minimum Gasteiger partial charge on any atom is -0.390 e. The van der Waals surface area contributed by atoms with Crippen LogP contribution >= 0.6 is 11.8 Å². The first kappa shape index (κ1) is 86.2. The molecule has 0 aliphatic carbocycles. The number of likely N-dealkylation sites (N-methyl/N-ethyl adjacent to an activating group) is 7. The van der Waals surface area contributed by atoms with E-state index in [1.165, 1.54) is 111 Å². The lowest BCUT2D eigenvalue weighted by atomic mass is 9.91. The lowest BCUT2D eigenvalue weighted by Gasteiger charge is -2.41. The lowest BCUT2D eigenvalue weighted by molar-refractivity contribution is -0.157. The Bertz CT molecular complexity index is 2630. The highest BCUT2D eigenvalue weighted by Gasteiger charge is 2.47. The first-order valence-corrected chi connectivity index (χ1v) is 35.9. The Balaban J connectivity index is 3.14. The van der Waals surface area contributed by atoms with Gasteiger partial charge in [-0.2, -0.15) is 0 Å². The zero-order valence-electron chi connectivity index (χ0n) is 63.1. The molecule has 11 amide bonds. The molecule has 550 valence electrons. The summed E-state index contributed by atoms with van der Waals surface area (Å²) in [5.74, 6) is -9.48. The third-order valence-electron chi connectivity index (χ3n) is 18.9. The number of allylic oxidation sites excluding steroid dienone is 2. The molecular weight excluding hydrogens is 1250 g/mol. The van der Waals surface area contributed by atoms with Gasteiger partial charge in [-0.3, -0.25) is 52.7 Å². The number of hydrogen-bond acceptors (Lipinski definition) is 15. The van der Waals surface area contributed by atoms with Crippen molar-refractivity contribution in [3.05, 3.63) is 12.2 Å². The van der Waals surface area contributed by atoms with Crippen LogP contribution < -0.4 is 21.3 Å². The van der Waals surface area contributed by atoms with Crippen molar-refractivity contribution in [2.75, 3.05) is 81.8 Å². The van der Waals surface area contributed by atoms with E-state index in [0.29, 0.717) is 18.7 Å². The molecule has 2 saturated heterocycles. The van der Waals surface area contributed by atoms with E-state index in [1.54, 1.807) is 61.5 Å². The molecule has 0 aromatic carbocycles. The molecule has 2 rings (SSSR count). The summed E-state index contributed by atoms with van der Waals surface area (Å²) in [5, 5.41) is 22.3. The minimum absolute atomic E-state index is 0.00506. The van der Waals surface area contributed by atoms with Crippen LogP contribution in [0.15, 0.2) is 12.2 Å². The van der Waals surface area contributed by atoms with E-state index >= 15 is 33.6 Å². The van der Waals surface area contributed by atoms with E-state index in [1.807, 2.05) is 54.5 Å². The maximum Gasteiger partial charge on any atom is 0.256 e. The fourth-order valence-electron chi connectivity index (χ4n) is 12.4. The average molecular weight is 1380 g/mol. The molecule has 0 saturated carbocycles. The van der Waals surface area contributed by atoms with Gasteiger partial charge in [-0.1, -0.05) is 102 Å². The number of nitrogens with zero attached hydrogens (tertiary/aromatic N) is 8. The second-order valence-electron chi connectivity index (χ2n) is 29.5. The number of aliphatic hydroxyl groups excluding tert-OH is 1. The summed E-state index contributed by atoms with van der Waals surface area (Å²) in [6.07, 6.45) is 5.83. The van der Waals surface area contributed by atoms with Crippen molar-refractivity contribution in [1.29, 1.82) is 0 Å². The maximum absolute atomic E-state index is 15.6. The molecule has 0 unspecified atom stereocenters. The van der Waals surface area contributed by atoms with Crippen LogP contribution in [0, 0.1) is 35.5 Å². The lowest BCUT2D eigenvalue weighted by Crippen LogP contribution is -2.64. The van der Waals surface area contributed by atoms with Crippen molar-refractivity contribution < 1.29 is 62.6 Å². The number of piperidine rings is 1. The van der Waals surface area contributed by atoms with Crippen molar-refractivity contribution in [2.45, 2.75) is 253 Å². The fourth-order valence-corrected chi connectivity index (χ4v) is 13.7. The van der Waals surface area contributed by atoms with Crippen LogP contribution in [-0.4, -0.2) is 269 Å². The summed E-state index contributed by atoms with van der Waals surface area (Å²) in [5.41, 5.74) is -1.04. The van der Waals surface area contributed by atoms with Gasteiger partial charge < -0.3 is 70.3 Å². The second-order valence-corrected chi connectivity index (χ2v) is 30.6. The molecule has 5 N–H and O–H groups in total. The Morgan fingerprint density at radius 1 is 0.531 bits per heavy atom. The summed E-state index contributed by atoms with van der Waals surface area (Å²) >= 11 is 1.19. The number of thioether (sulfide) groups is 1. The van der Waals surface area contributed by atoms with Gasteiger partial charge >= 0.3 is 0 Å². The molecule has 2 aliphatic rings. The number of ether oxygens (including phenoxy) is 1. The van der Waals surface area contributed by atoms with Crippen molar-refractivity contribution in [2.24, 2.45) is 35.5 Å². The summed E-state index contributed by atoms with van der Waals surface area (Å²) in [7, 11) is 11.5. The summed E-state index contributed by atoms with van der Waals surface area (Å²) < 4.78 is 5.86. The molecule has 0 bridgehead atoms. The van der Waals surface area contributed by atoms with Gasteiger partial charge in [0.05, 0.1) is 11.7 Å². The SMILES string of the molecule is C/C=C/C[C@@H](C)[C@@H](O)[C@H]1C(=O)N[C@@H](CC)C(=O)N(C)[C@H](SCCN2CCCCC2)C(=O)N(C)[C@@H](CC(C)(C)OC)C(=O)N[C@@H](C(C)C)C(=O)N(C)[C@@H](CC(C)C)C(=O)N[C@@H](C)C(=O)N[C@H](C)C(=O)N(C)[C@@H](CC(C)C)C(=O)N(C)[C@@H](CC(C)C)C(=O)N(C)[C@@H](C(C)C)C(=O)N1C. The Kier molecular flexibility index (Phi) is 35.6. The van der Waals surface area contributed by atoms with E-state index in [0.717, 1.165) is 37.3 Å². The van der Waals surface area contributed by atoms with Crippen LogP contribution in [0.4, 0.5) is 0 Å². The van der Waals surface area contributed by atoms with Crippen LogP contribution in [0.1, 0.15) is 175 Å². The van der Waals surface area contributed by atoms with Crippen molar-refractivity contribution >= 4 is 76.7 Å². The molecule has 0 radical (unpaired) electrons. The van der Waals surface area contributed by atoms with Gasteiger partial charge in [-0.15, -0.1) is 11.8 Å². The van der Waals surface area contributed by atoms with E-state index < -0.39 is 160 Å². The zero-order chi connectivity index (χ0) is 73.7. The number of aliphatic hydroxyl groups is 1. The summed E-state index contributed by atoms with van der Waals surface area (Å²) in [4.78, 5) is 176. The molecule has 0 aromatic rings. The third kappa shape index (κ3) is 24.2. The van der Waals surface area contributed by atoms with Crippen LogP contribution in [0.25, 0.3) is 0 Å². The molecule has 2 heterocycles. The van der Waals surface area contributed by atoms with E-state index in [-0.39, 0.29) is 49.9 Å². The van der Waals surface area contributed by atoms with E-state index in [9.17, 15) is 24.3 Å². The third-order valence-corrected chi connectivity index (χ3v) is 20.1. The van der Waals surface area contributed by atoms with Gasteiger partial charge in [0.2, 0.25) is 59.1 Å². The Labute approximate surface area is 579 Å². The minimum atomic E-state index is -1.64. The maximum atomic E-state index is 15.6. The molecule has 2 aliphatic heterocycles. The highest BCUT2D eigenvalue weighted by atomic mass is 32.2. The fraction of sp³-hybridized carbons (Fsp3) is 0.814. The molecule has 2 fully saturated rings. The largest absolute Gasteiger partial charge is 0.390 e. The van der Waals surface area contributed by atoms with Gasteiger partial charge in [-0.25, -0.2) is 0 Å². The molecular formula is C70H126N12O13S. The standard InChI is InChI=1S/C70H126N12O13S/c1-26-28-32-46(13)57(83)56-61(87)73-49(27-2)63(89)81(24)69(96-36-35-82-33-30-29-31-34-82)68(94)78(21)53(40-70(16,17)95-25)60(86)74-54(44(9)10)66(92)75(18)50(37-41(3)4)59(85)71-47(14)58(84)72-48(15)62(88)76(19)51(38-42(5)6)64(90)77(20)52(39-43(7)8)65(91)79(22)55(45(11)12)67(93)80(56)23/h26,28,41-57,69,83H,27,29-40H2,1-25H3,(H,71,85)(H,72,84)(H,73,87)(H,74,86)/b28-26+/t46-,47+,48-,49+,50+,51+,52+,53+,54+,55+,56+,57-,69-/m1/s1. The number of hydrogen-bond donors (Lipinski definition) is 5. The molecule has 13 atom stereocenters. The normalized spacial score (nSPS) is 27.3. The predicted octanol–water partition coefficient (Wildman–Crippen LogP) is 4.58. The van der Waals surface area contributed by atoms with Gasteiger partial charge in [-0.05, 0) is 128 Å². The zero-order valence-corrected chi connectivity index (χ0v) is 63.9. The van der Waals surface area contributed by atoms with E-state index in [2.05, 4.69) is 26.2 Å². The number of nitrogens with one attached hydrogen (secondary N) is 4. The number of carbonyl (C=O) groups excluding carboxylic acids is 11. The van der Waals surface area contributed by atoms with Gasteiger partial charge in [0.15, 0.2) is 5.37 Å². The van der Waals surface area contributed by atoms with Crippen LogP contribution in [-0.2, 0) is 57.5 Å². The quantitative estimate of drug-likeness (QED) is 0.104. The average Bonchev–Trinajstić information content (AvgIpc) is 0.825. The Morgan fingerprint density at radius 3 is 1.49 bits per heavy atom. The number of carbonyl (C=O) groups is 11. The highest BCUT2D eigenvalue weighted by molar-refractivity contribution is 8.00. The Morgan fingerprint density at radius 2 is 1.00 bits per heavy atom. The predicted molar refractivity (Wildman–Crippen MR) is 376 cm³/mol. The smallest absolute Gasteiger partial charge is 0.256 e. The highest BCUT2D eigenvalue weighted by Crippen LogP contribution is 2.29. The van der Waals surface area contributed by atoms with E-state index in [4.69, 9.17) is 4.74 Å². The van der Waals surface area contributed by atoms with Crippen LogP contribution in [0.2, 0.25) is 0 Å². The summed E-state index contributed by atoms with van der Waals surface area (Å²) in [6, 6.07) is -12.8. The van der Waals surface area contributed by atoms with Gasteiger partial charge in [0, 0.05) is 75.2 Å². The Hall–Kier alpha value is -5.86.